The van der Waals surface area contributed by atoms with Crippen molar-refractivity contribution in [3.05, 3.63) is 35.6 Å². The zero-order valence-electron chi connectivity index (χ0n) is 7.75. The fourth-order valence-electron chi connectivity index (χ4n) is 1.36. The van der Waals surface area contributed by atoms with Gasteiger partial charge in [-0.15, -0.1) is 13.2 Å². The zero-order valence-corrected chi connectivity index (χ0v) is 8.51. The minimum Gasteiger partial charge on any atom is -0.405 e. The van der Waals surface area contributed by atoms with Crippen LogP contribution in [0.4, 0.5) is 13.2 Å². The Labute approximate surface area is 93.6 Å². The number of aromatic nitrogens is 1. The monoisotopic (exact) mass is 247 g/mol. The van der Waals surface area contributed by atoms with Gasteiger partial charge in [-0.2, -0.15) is 0 Å². The van der Waals surface area contributed by atoms with E-state index in [9.17, 15) is 13.2 Å². The standard InChI is InChI=1S/C10H5ClF3NO/c11-9-7-2-1-3-8(16-10(12,13)14)6(7)4-5-15-9/h1-5H. The van der Waals surface area contributed by atoms with Crippen LogP contribution in [0.25, 0.3) is 10.8 Å². The molecule has 0 unspecified atom stereocenters. The quantitative estimate of drug-likeness (QED) is 0.716. The topological polar surface area (TPSA) is 22.1 Å². The summed E-state index contributed by atoms with van der Waals surface area (Å²) in [6.07, 6.45) is -3.39. The lowest BCUT2D eigenvalue weighted by molar-refractivity contribution is -0.274. The maximum absolute atomic E-state index is 12.1. The lowest BCUT2D eigenvalue weighted by Gasteiger charge is -2.11. The molecule has 16 heavy (non-hydrogen) atoms. The molecule has 0 N–H and O–H groups in total. The SMILES string of the molecule is FC(F)(F)Oc1cccc2c(Cl)nccc12. The minimum absolute atomic E-state index is 0.144. The Hall–Kier alpha value is -1.49. The van der Waals surface area contributed by atoms with E-state index in [0.29, 0.717) is 5.39 Å². The summed E-state index contributed by atoms with van der Waals surface area (Å²) in [5, 5.41) is 0.843. The van der Waals surface area contributed by atoms with Crippen LogP contribution in [0.5, 0.6) is 5.75 Å². The Kier molecular flexibility index (Phi) is 2.63. The highest BCUT2D eigenvalue weighted by molar-refractivity contribution is 6.34. The number of hydrogen-bond donors (Lipinski definition) is 0. The molecule has 0 radical (unpaired) electrons. The van der Waals surface area contributed by atoms with Gasteiger partial charge in [0.25, 0.3) is 0 Å². The van der Waals surface area contributed by atoms with Gasteiger partial charge in [0, 0.05) is 17.0 Å². The summed E-state index contributed by atoms with van der Waals surface area (Å²) < 4.78 is 40.2. The zero-order chi connectivity index (χ0) is 11.8. The highest BCUT2D eigenvalue weighted by atomic mass is 35.5. The van der Waals surface area contributed by atoms with E-state index in [1.54, 1.807) is 6.07 Å². The molecule has 2 aromatic rings. The van der Waals surface area contributed by atoms with Crippen LogP contribution in [0.3, 0.4) is 0 Å². The number of ether oxygens (including phenoxy) is 1. The fraction of sp³-hybridized carbons (Fsp3) is 0.100. The number of halogens is 4. The molecule has 0 aliphatic rings. The van der Waals surface area contributed by atoms with Gasteiger partial charge in [0.1, 0.15) is 10.9 Å². The molecular formula is C10H5ClF3NO. The summed E-state index contributed by atoms with van der Waals surface area (Å²) in [4.78, 5) is 3.77. The molecule has 1 aromatic heterocycles. The molecular weight excluding hydrogens is 243 g/mol. The van der Waals surface area contributed by atoms with E-state index >= 15 is 0 Å². The van der Waals surface area contributed by atoms with Gasteiger partial charge in [-0.05, 0) is 12.1 Å². The van der Waals surface area contributed by atoms with Crippen LogP contribution in [0.2, 0.25) is 5.15 Å². The number of alkyl halides is 3. The predicted molar refractivity (Wildman–Crippen MR) is 53.4 cm³/mol. The smallest absolute Gasteiger partial charge is 0.405 e. The maximum atomic E-state index is 12.1. The summed E-state index contributed by atoms with van der Waals surface area (Å²) in [6.45, 7) is 0. The van der Waals surface area contributed by atoms with Crippen molar-refractivity contribution in [3.8, 4) is 5.75 Å². The Balaban J connectivity index is 2.58. The van der Waals surface area contributed by atoms with Crippen molar-refractivity contribution in [1.29, 1.82) is 0 Å². The summed E-state index contributed by atoms with van der Waals surface area (Å²) in [5.74, 6) is -0.283. The van der Waals surface area contributed by atoms with Crippen LogP contribution in [-0.4, -0.2) is 11.3 Å². The summed E-state index contributed by atoms with van der Waals surface area (Å²) in [6, 6.07) is 5.65. The van der Waals surface area contributed by atoms with Gasteiger partial charge in [-0.25, -0.2) is 4.98 Å². The molecule has 6 heteroatoms. The summed E-state index contributed by atoms with van der Waals surface area (Å²) in [5.41, 5.74) is 0. The van der Waals surface area contributed by atoms with Crippen LogP contribution in [0.1, 0.15) is 0 Å². The van der Waals surface area contributed by atoms with E-state index in [4.69, 9.17) is 11.6 Å². The number of hydrogen-bond acceptors (Lipinski definition) is 2. The predicted octanol–water partition coefficient (Wildman–Crippen LogP) is 3.79. The van der Waals surface area contributed by atoms with Crippen molar-refractivity contribution < 1.29 is 17.9 Å². The Morgan fingerprint density at radius 3 is 2.56 bits per heavy atom. The van der Waals surface area contributed by atoms with Crippen LogP contribution in [0, 0.1) is 0 Å². The Morgan fingerprint density at radius 2 is 1.88 bits per heavy atom. The molecule has 1 heterocycles. The first-order chi connectivity index (χ1) is 7.47. The van der Waals surface area contributed by atoms with E-state index in [-0.39, 0.29) is 16.3 Å². The van der Waals surface area contributed by atoms with Crippen LogP contribution >= 0.6 is 11.6 Å². The van der Waals surface area contributed by atoms with Gasteiger partial charge in [-0.3, -0.25) is 0 Å². The first-order valence-corrected chi connectivity index (χ1v) is 4.64. The average Bonchev–Trinajstić information content (AvgIpc) is 2.17. The highest BCUT2D eigenvalue weighted by Gasteiger charge is 2.31. The van der Waals surface area contributed by atoms with Crippen LogP contribution in [-0.2, 0) is 0 Å². The van der Waals surface area contributed by atoms with Crippen LogP contribution in [0.15, 0.2) is 30.5 Å². The van der Waals surface area contributed by atoms with Gasteiger partial charge in [0.2, 0.25) is 0 Å². The van der Waals surface area contributed by atoms with E-state index in [1.165, 1.54) is 24.4 Å². The average molecular weight is 248 g/mol. The van der Waals surface area contributed by atoms with E-state index in [0.717, 1.165) is 0 Å². The Bertz CT molecular complexity index is 527. The lowest BCUT2D eigenvalue weighted by Crippen LogP contribution is -2.17. The minimum atomic E-state index is -4.72. The van der Waals surface area contributed by atoms with Gasteiger partial charge in [0.15, 0.2) is 0 Å². The second kappa shape index (κ2) is 3.83. The third-order valence-corrected chi connectivity index (χ3v) is 2.24. The number of nitrogens with zero attached hydrogens (tertiary/aromatic N) is 1. The molecule has 2 rings (SSSR count). The molecule has 1 aromatic carbocycles. The normalized spacial score (nSPS) is 11.8. The maximum Gasteiger partial charge on any atom is 0.573 e. The number of pyridine rings is 1. The van der Waals surface area contributed by atoms with Crippen molar-refractivity contribution in [2.75, 3.05) is 0 Å². The van der Waals surface area contributed by atoms with Gasteiger partial charge in [-0.1, -0.05) is 23.7 Å². The number of benzene rings is 1. The summed E-state index contributed by atoms with van der Waals surface area (Å²) >= 11 is 5.75. The summed E-state index contributed by atoms with van der Waals surface area (Å²) in [7, 11) is 0. The molecule has 2 nitrogen and oxygen atoms in total. The molecule has 0 bridgehead atoms. The van der Waals surface area contributed by atoms with Gasteiger partial charge in [0.05, 0.1) is 0 Å². The van der Waals surface area contributed by atoms with Gasteiger partial charge >= 0.3 is 6.36 Å². The molecule has 0 fully saturated rings. The largest absolute Gasteiger partial charge is 0.573 e. The Morgan fingerprint density at radius 1 is 1.12 bits per heavy atom. The van der Waals surface area contributed by atoms with Crippen molar-refractivity contribution in [2.24, 2.45) is 0 Å². The van der Waals surface area contributed by atoms with E-state index in [2.05, 4.69) is 9.72 Å². The molecule has 0 amide bonds. The molecule has 0 saturated heterocycles. The highest BCUT2D eigenvalue weighted by Crippen LogP contribution is 2.32. The number of rotatable bonds is 1. The van der Waals surface area contributed by atoms with E-state index < -0.39 is 6.36 Å². The molecule has 0 aliphatic heterocycles. The fourth-order valence-corrected chi connectivity index (χ4v) is 1.58. The third kappa shape index (κ3) is 2.19. The molecule has 84 valence electrons. The molecule has 0 saturated carbocycles. The van der Waals surface area contributed by atoms with Gasteiger partial charge < -0.3 is 4.74 Å². The number of fused-ring (bicyclic) bond motifs is 1. The van der Waals surface area contributed by atoms with Crippen molar-refractivity contribution in [1.82, 2.24) is 4.98 Å². The van der Waals surface area contributed by atoms with Crippen molar-refractivity contribution >= 4 is 22.4 Å². The first kappa shape index (κ1) is 11.0. The molecule has 0 aliphatic carbocycles. The van der Waals surface area contributed by atoms with Crippen LogP contribution < -0.4 is 4.74 Å². The van der Waals surface area contributed by atoms with Crippen molar-refractivity contribution in [2.45, 2.75) is 6.36 Å². The van der Waals surface area contributed by atoms with E-state index in [1.807, 2.05) is 0 Å². The third-order valence-electron chi connectivity index (χ3n) is 1.94. The molecule has 0 spiro atoms. The first-order valence-electron chi connectivity index (χ1n) is 4.26. The molecule has 0 atom stereocenters. The lowest BCUT2D eigenvalue weighted by atomic mass is 10.1. The second-order valence-electron chi connectivity index (χ2n) is 3.00. The second-order valence-corrected chi connectivity index (χ2v) is 3.36. The van der Waals surface area contributed by atoms with Crippen molar-refractivity contribution in [3.63, 3.8) is 0 Å².